The molecule has 128 valence electrons. The summed E-state index contributed by atoms with van der Waals surface area (Å²) in [6.07, 6.45) is 7.95. The number of hydrogen-bond donors (Lipinski definition) is 0. The summed E-state index contributed by atoms with van der Waals surface area (Å²) in [5.74, 6) is 0.791. The Morgan fingerprint density at radius 2 is 1.88 bits per heavy atom. The molecule has 2 aromatic rings. The molecule has 0 aromatic carbocycles. The lowest BCUT2D eigenvalue weighted by molar-refractivity contribution is 0.269. The van der Waals surface area contributed by atoms with Crippen LogP contribution in [0.3, 0.4) is 0 Å². The lowest BCUT2D eigenvalue weighted by atomic mass is 9.64. The molecule has 2 aromatic heterocycles. The smallest absolute Gasteiger partial charge is 0.247 e. The number of sulfone groups is 1. The maximum absolute atomic E-state index is 12.7. The first-order valence-electron chi connectivity index (χ1n) is 8.36. The van der Waals surface area contributed by atoms with Crippen molar-refractivity contribution in [3.05, 3.63) is 41.8 Å². The Balaban J connectivity index is 1.72. The van der Waals surface area contributed by atoms with E-state index in [0.29, 0.717) is 5.82 Å². The van der Waals surface area contributed by atoms with E-state index in [4.69, 9.17) is 4.52 Å². The minimum Gasteiger partial charge on any atom is -0.338 e. The van der Waals surface area contributed by atoms with Crippen LogP contribution in [0.5, 0.6) is 0 Å². The van der Waals surface area contributed by atoms with Gasteiger partial charge in [0.15, 0.2) is 15.7 Å². The lowest BCUT2D eigenvalue weighted by Gasteiger charge is -2.39. The van der Waals surface area contributed by atoms with E-state index in [0.717, 1.165) is 37.7 Å². The van der Waals surface area contributed by atoms with Crippen molar-refractivity contribution in [3.63, 3.8) is 0 Å². The van der Waals surface area contributed by atoms with Crippen LogP contribution in [0.2, 0.25) is 0 Å². The molecule has 2 heterocycles. The zero-order valence-corrected chi connectivity index (χ0v) is 14.7. The normalized spacial score (nSPS) is 20.6. The first kappa shape index (κ1) is 15.7. The van der Waals surface area contributed by atoms with Crippen molar-refractivity contribution in [3.8, 4) is 0 Å². The summed E-state index contributed by atoms with van der Waals surface area (Å²) in [6.45, 7) is 3.33. The van der Waals surface area contributed by atoms with Gasteiger partial charge in [-0.1, -0.05) is 11.6 Å². The Bertz CT molecular complexity index is 850. The molecule has 2 aliphatic carbocycles. The predicted octanol–water partition coefficient (Wildman–Crippen LogP) is 2.75. The number of hydrogen-bond acceptors (Lipinski definition) is 6. The van der Waals surface area contributed by atoms with E-state index in [9.17, 15) is 8.42 Å². The Hall–Kier alpha value is -1.76. The fraction of sp³-hybridized carbons (Fsp3) is 0.588. The Labute approximate surface area is 141 Å². The molecule has 7 heteroatoms. The highest BCUT2D eigenvalue weighted by Crippen LogP contribution is 2.48. The monoisotopic (exact) mass is 347 g/mol. The van der Waals surface area contributed by atoms with Crippen molar-refractivity contribution < 1.29 is 12.9 Å². The molecule has 4 rings (SSSR count). The number of rotatable bonds is 5. The van der Waals surface area contributed by atoms with Crippen molar-refractivity contribution in [1.82, 2.24) is 15.1 Å². The second-order valence-corrected chi connectivity index (χ2v) is 10.1. The van der Waals surface area contributed by atoms with Crippen molar-refractivity contribution in [1.29, 1.82) is 0 Å². The fourth-order valence-corrected chi connectivity index (χ4v) is 5.34. The summed E-state index contributed by atoms with van der Waals surface area (Å²) in [5.41, 5.74) is 0.836. The molecule has 0 unspecified atom stereocenters. The van der Waals surface area contributed by atoms with Crippen LogP contribution in [0.4, 0.5) is 0 Å². The van der Waals surface area contributed by atoms with Crippen LogP contribution in [0.25, 0.3) is 0 Å². The zero-order chi connectivity index (χ0) is 17.0. The SMILES string of the molecule is CC(C)(c1nc(C2(c3ccncc3)CCC2)no1)S(=O)(=O)C1CC1. The van der Waals surface area contributed by atoms with Crippen LogP contribution in [-0.4, -0.2) is 28.8 Å². The number of aromatic nitrogens is 3. The first-order chi connectivity index (χ1) is 11.4. The molecule has 0 atom stereocenters. The Morgan fingerprint density at radius 3 is 2.42 bits per heavy atom. The van der Waals surface area contributed by atoms with Gasteiger partial charge in [-0.25, -0.2) is 8.42 Å². The average molecular weight is 347 g/mol. The largest absolute Gasteiger partial charge is 0.338 e. The van der Waals surface area contributed by atoms with Crippen LogP contribution >= 0.6 is 0 Å². The Kier molecular flexibility index (Phi) is 3.36. The summed E-state index contributed by atoms with van der Waals surface area (Å²) in [5, 5.41) is 3.91. The molecule has 24 heavy (non-hydrogen) atoms. The van der Waals surface area contributed by atoms with Crippen molar-refractivity contribution in [2.45, 2.75) is 61.4 Å². The second-order valence-electron chi connectivity index (χ2n) is 7.35. The first-order valence-corrected chi connectivity index (χ1v) is 9.91. The second kappa shape index (κ2) is 5.12. The van der Waals surface area contributed by atoms with Gasteiger partial charge >= 0.3 is 0 Å². The van der Waals surface area contributed by atoms with Gasteiger partial charge < -0.3 is 4.52 Å². The third-order valence-electron chi connectivity index (χ3n) is 5.48. The van der Waals surface area contributed by atoms with Gasteiger partial charge in [-0.3, -0.25) is 4.98 Å². The van der Waals surface area contributed by atoms with Gasteiger partial charge in [0.05, 0.1) is 10.7 Å². The molecule has 2 saturated carbocycles. The molecule has 2 aliphatic rings. The third kappa shape index (κ3) is 2.13. The predicted molar refractivity (Wildman–Crippen MR) is 88.1 cm³/mol. The van der Waals surface area contributed by atoms with Crippen LogP contribution in [0.15, 0.2) is 29.0 Å². The van der Waals surface area contributed by atoms with Crippen LogP contribution in [-0.2, 0) is 20.0 Å². The van der Waals surface area contributed by atoms with Gasteiger partial charge in [0.1, 0.15) is 4.75 Å². The van der Waals surface area contributed by atoms with Gasteiger partial charge in [-0.15, -0.1) is 0 Å². The molecule has 6 nitrogen and oxygen atoms in total. The number of pyridine rings is 1. The van der Waals surface area contributed by atoms with Gasteiger partial charge in [-0.05, 0) is 57.2 Å². The van der Waals surface area contributed by atoms with E-state index < -0.39 is 14.6 Å². The van der Waals surface area contributed by atoms with Crippen molar-refractivity contribution in [2.24, 2.45) is 0 Å². The van der Waals surface area contributed by atoms with E-state index in [2.05, 4.69) is 15.1 Å². The topological polar surface area (TPSA) is 85.9 Å². The molecular formula is C17H21N3O3S. The minimum atomic E-state index is -3.31. The maximum Gasteiger partial charge on any atom is 0.247 e. The van der Waals surface area contributed by atoms with Gasteiger partial charge in [-0.2, -0.15) is 4.98 Å². The number of nitrogens with zero attached hydrogens (tertiary/aromatic N) is 3. The summed E-state index contributed by atoms with van der Waals surface area (Å²) in [4.78, 5) is 8.62. The summed E-state index contributed by atoms with van der Waals surface area (Å²) < 4.78 is 29.7. The van der Waals surface area contributed by atoms with Gasteiger partial charge in [0, 0.05) is 12.4 Å². The highest BCUT2D eigenvalue weighted by atomic mass is 32.2. The molecule has 0 bridgehead atoms. The van der Waals surface area contributed by atoms with Crippen molar-refractivity contribution >= 4 is 9.84 Å². The third-order valence-corrected chi connectivity index (χ3v) is 8.43. The highest BCUT2D eigenvalue weighted by molar-refractivity contribution is 7.93. The summed E-state index contributed by atoms with van der Waals surface area (Å²) in [6, 6.07) is 3.95. The van der Waals surface area contributed by atoms with Crippen LogP contribution < -0.4 is 0 Å². The molecule has 2 fully saturated rings. The average Bonchev–Trinajstić information content (AvgIpc) is 3.27. The molecule has 0 spiro atoms. The van der Waals surface area contributed by atoms with Crippen LogP contribution in [0.1, 0.15) is 63.2 Å². The van der Waals surface area contributed by atoms with Crippen molar-refractivity contribution in [2.75, 3.05) is 0 Å². The molecule has 0 radical (unpaired) electrons. The van der Waals surface area contributed by atoms with Gasteiger partial charge in [0.2, 0.25) is 5.89 Å². The van der Waals surface area contributed by atoms with Crippen LogP contribution in [0, 0.1) is 0 Å². The summed E-state index contributed by atoms with van der Waals surface area (Å²) >= 11 is 0. The van der Waals surface area contributed by atoms with E-state index in [1.165, 1.54) is 0 Å². The minimum absolute atomic E-state index is 0.199. The zero-order valence-electron chi connectivity index (χ0n) is 13.9. The molecular weight excluding hydrogens is 326 g/mol. The highest BCUT2D eigenvalue weighted by Gasteiger charge is 2.51. The molecule has 0 N–H and O–H groups in total. The van der Waals surface area contributed by atoms with E-state index in [1.54, 1.807) is 26.2 Å². The molecule has 0 saturated heterocycles. The molecule has 0 amide bonds. The van der Waals surface area contributed by atoms with Gasteiger partial charge in [0.25, 0.3) is 0 Å². The quantitative estimate of drug-likeness (QED) is 0.826. The molecule has 0 aliphatic heterocycles. The van der Waals surface area contributed by atoms with E-state index >= 15 is 0 Å². The standard InChI is InChI=1S/C17H21N3O3S/c1-16(2,24(21,22)13-4-5-13)15-19-14(20-23-15)17(8-3-9-17)12-6-10-18-11-7-12/h6-7,10-11,13H,3-5,8-9H2,1-2H3. The van der Waals surface area contributed by atoms with E-state index in [-0.39, 0.29) is 16.6 Å². The summed E-state index contributed by atoms with van der Waals surface area (Å²) in [7, 11) is -3.31. The Morgan fingerprint density at radius 1 is 1.21 bits per heavy atom. The van der Waals surface area contributed by atoms with E-state index in [1.807, 2.05) is 12.1 Å². The maximum atomic E-state index is 12.7. The fourth-order valence-electron chi connectivity index (χ4n) is 3.42. The lowest BCUT2D eigenvalue weighted by Crippen LogP contribution is -2.37.